The van der Waals surface area contributed by atoms with Crippen LogP contribution in [0.4, 0.5) is 11.4 Å². The smallest absolute Gasteiger partial charge is 0.342 e. The Labute approximate surface area is 161 Å². The number of nitrogens with one attached hydrogen (secondary N) is 1. The Bertz CT molecular complexity index is 911. The van der Waals surface area contributed by atoms with Crippen LogP contribution in [-0.2, 0) is 9.53 Å². The summed E-state index contributed by atoms with van der Waals surface area (Å²) in [6.07, 6.45) is -1.19. The molecule has 0 aliphatic carbocycles. The lowest BCUT2D eigenvalue weighted by molar-refractivity contribution is -0.384. The van der Waals surface area contributed by atoms with Crippen molar-refractivity contribution >= 4 is 23.3 Å². The largest absolute Gasteiger partial charge is 0.496 e. The molecule has 0 heterocycles. The number of anilines is 1. The molecule has 2 rings (SSSR count). The molecule has 0 bridgehead atoms. The molecule has 1 amide bonds. The lowest BCUT2D eigenvalue weighted by atomic mass is 10.1. The van der Waals surface area contributed by atoms with Gasteiger partial charge in [0, 0.05) is 0 Å². The van der Waals surface area contributed by atoms with Crippen LogP contribution in [0.1, 0.15) is 22.8 Å². The highest BCUT2D eigenvalue weighted by molar-refractivity contribution is 5.99. The van der Waals surface area contributed by atoms with Crippen LogP contribution < -0.4 is 14.8 Å². The van der Waals surface area contributed by atoms with E-state index in [0.29, 0.717) is 5.75 Å². The van der Waals surface area contributed by atoms with Gasteiger partial charge in [-0.2, -0.15) is 0 Å². The van der Waals surface area contributed by atoms with E-state index in [2.05, 4.69) is 5.32 Å². The third-order valence-electron chi connectivity index (χ3n) is 3.89. The van der Waals surface area contributed by atoms with Crippen molar-refractivity contribution in [3.8, 4) is 11.5 Å². The summed E-state index contributed by atoms with van der Waals surface area (Å²) >= 11 is 0. The quantitative estimate of drug-likeness (QED) is 0.440. The summed E-state index contributed by atoms with van der Waals surface area (Å²) in [5.74, 6) is -0.870. The van der Waals surface area contributed by atoms with Gasteiger partial charge in [0.25, 0.3) is 11.6 Å². The SMILES string of the molecule is COc1ccc(NC(=O)[C@H](C)OC(=O)c2cc(C)ccc2OC)c([N+](=O)[O-])c1. The Kier molecular flexibility index (Phi) is 6.54. The summed E-state index contributed by atoms with van der Waals surface area (Å²) in [7, 11) is 2.79. The fourth-order valence-electron chi connectivity index (χ4n) is 2.39. The van der Waals surface area contributed by atoms with Gasteiger partial charge in [0.15, 0.2) is 6.10 Å². The van der Waals surface area contributed by atoms with Crippen molar-refractivity contribution in [2.24, 2.45) is 0 Å². The van der Waals surface area contributed by atoms with E-state index in [-0.39, 0.29) is 22.7 Å². The number of carbonyl (C=O) groups is 2. The van der Waals surface area contributed by atoms with Gasteiger partial charge in [-0.1, -0.05) is 11.6 Å². The number of nitro benzene ring substituents is 1. The molecule has 2 aromatic rings. The van der Waals surface area contributed by atoms with Gasteiger partial charge in [-0.3, -0.25) is 14.9 Å². The monoisotopic (exact) mass is 388 g/mol. The van der Waals surface area contributed by atoms with Crippen LogP contribution in [0.15, 0.2) is 36.4 Å². The van der Waals surface area contributed by atoms with Gasteiger partial charge in [0.1, 0.15) is 22.7 Å². The van der Waals surface area contributed by atoms with E-state index in [1.807, 2.05) is 0 Å². The standard InChI is InChI=1S/C19H20N2O7/c1-11-5-8-17(27-4)14(9-11)19(23)28-12(2)18(22)20-15-7-6-13(26-3)10-16(15)21(24)25/h5-10,12H,1-4H3,(H,20,22)/t12-/m0/s1. The highest BCUT2D eigenvalue weighted by atomic mass is 16.6. The fourth-order valence-corrected chi connectivity index (χ4v) is 2.39. The van der Waals surface area contributed by atoms with Crippen LogP contribution in [-0.4, -0.2) is 37.1 Å². The van der Waals surface area contributed by atoms with Crippen molar-refractivity contribution in [2.75, 3.05) is 19.5 Å². The Morgan fingerprint density at radius 3 is 2.43 bits per heavy atom. The molecule has 0 radical (unpaired) electrons. The first-order valence-electron chi connectivity index (χ1n) is 8.25. The topological polar surface area (TPSA) is 117 Å². The van der Waals surface area contributed by atoms with Crippen molar-refractivity contribution in [3.05, 3.63) is 57.6 Å². The number of rotatable bonds is 7. The van der Waals surface area contributed by atoms with Gasteiger partial charge < -0.3 is 19.5 Å². The number of nitro groups is 1. The van der Waals surface area contributed by atoms with Gasteiger partial charge in [-0.25, -0.2) is 4.79 Å². The maximum atomic E-state index is 12.4. The maximum Gasteiger partial charge on any atom is 0.342 e. The van der Waals surface area contributed by atoms with Gasteiger partial charge in [-0.15, -0.1) is 0 Å². The van der Waals surface area contributed by atoms with E-state index in [0.717, 1.165) is 5.56 Å². The van der Waals surface area contributed by atoms with Crippen LogP contribution in [0.25, 0.3) is 0 Å². The van der Waals surface area contributed by atoms with Crippen molar-refractivity contribution in [1.82, 2.24) is 0 Å². The fraction of sp³-hybridized carbons (Fsp3) is 0.263. The zero-order chi connectivity index (χ0) is 20.8. The van der Waals surface area contributed by atoms with E-state index in [1.165, 1.54) is 39.3 Å². The number of esters is 1. The number of hydrogen-bond acceptors (Lipinski definition) is 7. The number of nitrogens with zero attached hydrogens (tertiary/aromatic N) is 1. The lowest BCUT2D eigenvalue weighted by Crippen LogP contribution is -2.30. The highest BCUT2D eigenvalue weighted by Crippen LogP contribution is 2.29. The molecule has 0 aliphatic heterocycles. The molecule has 28 heavy (non-hydrogen) atoms. The van der Waals surface area contributed by atoms with Crippen molar-refractivity contribution in [3.63, 3.8) is 0 Å². The second-order valence-electron chi connectivity index (χ2n) is 5.88. The highest BCUT2D eigenvalue weighted by Gasteiger charge is 2.24. The van der Waals surface area contributed by atoms with E-state index >= 15 is 0 Å². The average Bonchev–Trinajstić information content (AvgIpc) is 2.67. The van der Waals surface area contributed by atoms with Crippen molar-refractivity contribution in [2.45, 2.75) is 20.0 Å². The minimum absolute atomic E-state index is 0.0353. The molecule has 0 unspecified atom stereocenters. The molecular weight excluding hydrogens is 368 g/mol. The molecule has 0 spiro atoms. The van der Waals surface area contributed by atoms with Crippen LogP contribution >= 0.6 is 0 Å². The predicted molar refractivity (Wildman–Crippen MR) is 101 cm³/mol. The van der Waals surface area contributed by atoms with Crippen LogP contribution in [0, 0.1) is 17.0 Å². The van der Waals surface area contributed by atoms with Gasteiger partial charge >= 0.3 is 5.97 Å². The summed E-state index contributed by atoms with van der Waals surface area (Å²) in [4.78, 5) is 35.3. The Morgan fingerprint density at radius 2 is 1.82 bits per heavy atom. The Hall–Kier alpha value is -3.62. The summed E-state index contributed by atoms with van der Waals surface area (Å²) in [5.41, 5.74) is 0.620. The number of methoxy groups -OCH3 is 2. The van der Waals surface area contributed by atoms with Crippen molar-refractivity contribution < 1.29 is 28.7 Å². The average molecular weight is 388 g/mol. The molecule has 1 atom stereocenters. The maximum absolute atomic E-state index is 12.4. The summed E-state index contributed by atoms with van der Waals surface area (Å²) in [6, 6.07) is 8.97. The van der Waals surface area contributed by atoms with Gasteiger partial charge in [0.05, 0.1) is 25.2 Å². The predicted octanol–water partition coefficient (Wildman–Crippen LogP) is 3.10. The molecular formula is C19H20N2O7. The third kappa shape index (κ3) is 4.76. The molecule has 148 valence electrons. The Morgan fingerprint density at radius 1 is 1.11 bits per heavy atom. The van der Waals surface area contributed by atoms with E-state index in [9.17, 15) is 19.7 Å². The number of ether oxygens (including phenoxy) is 3. The van der Waals surface area contributed by atoms with E-state index in [1.54, 1.807) is 25.1 Å². The number of hydrogen-bond donors (Lipinski definition) is 1. The number of carbonyl (C=O) groups excluding carboxylic acids is 2. The first-order valence-corrected chi connectivity index (χ1v) is 8.25. The summed E-state index contributed by atoms with van der Waals surface area (Å²) in [5, 5.41) is 13.6. The molecule has 0 fully saturated rings. The Balaban J connectivity index is 2.15. The second kappa shape index (κ2) is 8.85. The van der Waals surface area contributed by atoms with Gasteiger partial charge in [0.2, 0.25) is 0 Å². The van der Waals surface area contributed by atoms with Gasteiger partial charge in [-0.05, 0) is 38.1 Å². The zero-order valence-electron chi connectivity index (χ0n) is 15.8. The molecule has 9 heteroatoms. The molecule has 1 N–H and O–H groups in total. The molecule has 0 aliphatic rings. The third-order valence-corrected chi connectivity index (χ3v) is 3.89. The molecule has 0 saturated carbocycles. The number of amides is 1. The van der Waals surface area contributed by atoms with Crippen LogP contribution in [0.3, 0.4) is 0 Å². The normalized spacial score (nSPS) is 11.3. The number of benzene rings is 2. The first-order chi connectivity index (χ1) is 13.3. The summed E-state index contributed by atoms with van der Waals surface area (Å²) < 4.78 is 15.3. The molecule has 2 aromatic carbocycles. The second-order valence-corrected chi connectivity index (χ2v) is 5.88. The van der Waals surface area contributed by atoms with Crippen molar-refractivity contribution in [1.29, 1.82) is 0 Å². The summed E-state index contributed by atoms with van der Waals surface area (Å²) in [6.45, 7) is 3.17. The van der Waals surface area contributed by atoms with Crippen LogP contribution in [0.2, 0.25) is 0 Å². The van der Waals surface area contributed by atoms with Crippen LogP contribution in [0.5, 0.6) is 11.5 Å². The molecule has 0 saturated heterocycles. The first kappa shape index (κ1) is 20.7. The molecule has 0 aromatic heterocycles. The minimum Gasteiger partial charge on any atom is -0.496 e. The lowest BCUT2D eigenvalue weighted by Gasteiger charge is -2.15. The zero-order valence-corrected chi connectivity index (χ0v) is 15.8. The number of aryl methyl sites for hydroxylation is 1. The molecule has 9 nitrogen and oxygen atoms in total. The van der Waals surface area contributed by atoms with E-state index in [4.69, 9.17) is 14.2 Å². The van der Waals surface area contributed by atoms with E-state index < -0.39 is 22.9 Å². The minimum atomic E-state index is -1.19.